The molecule has 0 saturated heterocycles. The fourth-order valence-corrected chi connectivity index (χ4v) is 3.58. The first-order valence-corrected chi connectivity index (χ1v) is 9.66. The van der Waals surface area contributed by atoms with E-state index < -0.39 is 17.6 Å². The summed E-state index contributed by atoms with van der Waals surface area (Å²) in [7, 11) is 0. The van der Waals surface area contributed by atoms with E-state index in [-0.39, 0.29) is 17.9 Å². The Kier molecular flexibility index (Phi) is 5.76. The summed E-state index contributed by atoms with van der Waals surface area (Å²) in [6, 6.07) is 5.11. The first-order valence-electron chi connectivity index (χ1n) is 8.67. The van der Waals surface area contributed by atoms with E-state index in [1.807, 2.05) is 13.0 Å². The molecule has 27 heavy (non-hydrogen) atoms. The molecule has 1 aromatic heterocycles. The van der Waals surface area contributed by atoms with Crippen LogP contribution in [-0.2, 0) is 12.7 Å². The van der Waals surface area contributed by atoms with Gasteiger partial charge in [0.25, 0.3) is 5.91 Å². The van der Waals surface area contributed by atoms with E-state index in [1.54, 1.807) is 6.20 Å². The molecule has 1 amide bonds. The number of nitrogens with one attached hydrogen (secondary N) is 1. The van der Waals surface area contributed by atoms with Crippen LogP contribution in [0.3, 0.4) is 0 Å². The highest BCUT2D eigenvalue weighted by Gasteiger charge is 2.31. The standard InChI is InChI=1S/C19H20F3N3OS/c1-2-27-16-7-13(11-3-4-11)10-24-17(16)18(26)25-15-8-14(19(20,21)22)6-5-12(15)9-23/h5-8,10-11H,2-4,9,23H2,1H3,(H,25,26). The van der Waals surface area contributed by atoms with Crippen LogP contribution in [0.15, 0.2) is 35.4 Å². The van der Waals surface area contributed by atoms with Crippen LogP contribution in [0, 0.1) is 0 Å². The molecule has 4 nitrogen and oxygen atoms in total. The van der Waals surface area contributed by atoms with Crippen LogP contribution in [0.2, 0.25) is 0 Å². The van der Waals surface area contributed by atoms with Gasteiger partial charge in [0.1, 0.15) is 5.69 Å². The molecule has 0 bridgehead atoms. The Morgan fingerprint density at radius 1 is 1.33 bits per heavy atom. The molecule has 3 N–H and O–H groups in total. The summed E-state index contributed by atoms with van der Waals surface area (Å²) in [6.07, 6.45) is -0.580. The number of hydrogen-bond donors (Lipinski definition) is 2. The molecular weight excluding hydrogens is 375 g/mol. The molecule has 0 aliphatic heterocycles. The molecule has 3 rings (SSSR count). The van der Waals surface area contributed by atoms with Crippen molar-refractivity contribution in [3.63, 3.8) is 0 Å². The quantitative estimate of drug-likeness (QED) is 0.690. The Bertz CT molecular complexity index is 851. The first kappa shape index (κ1) is 19.7. The van der Waals surface area contributed by atoms with Gasteiger partial charge in [-0.1, -0.05) is 13.0 Å². The van der Waals surface area contributed by atoms with Gasteiger partial charge in [-0.25, -0.2) is 4.98 Å². The highest BCUT2D eigenvalue weighted by Crippen LogP contribution is 2.41. The molecule has 1 aliphatic carbocycles. The number of pyridine rings is 1. The molecule has 0 atom stereocenters. The fourth-order valence-electron chi connectivity index (χ4n) is 2.76. The predicted octanol–water partition coefficient (Wildman–Crippen LogP) is 4.80. The lowest BCUT2D eigenvalue weighted by Gasteiger charge is -2.15. The Morgan fingerprint density at radius 2 is 2.07 bits per heavy atom. The summed E-state index contributed by atoms with van der Waals surface area (Å²) in [4.78, 5) is 17.8. The van der Waals surface area contributed by atoms with Crippen molar-refractivity contribution in [1.29, 1.82) is 0 Å². The third-order valence-electron chi connectivity index (χ3n) is 4.34. The molecular formula is C19H20F3N3OS. The number of thioether (sulfide) groups is 1. The van der Waals surface area contributed by atoms with E-state index in [2.05, 4.69) is 10.3 Å². The zero-order chi connectivity index (χ0) is 19.6. The second kappa shape index (κ2) is 7.90. The van der Waals surface area contributed by atoms with Crippen LogP contribution < -0.4 is 11.1 Å². The zero-order valence-electron chi connectivity index (χ0n) is 14.8. The van der Waals surface area contributed by atoms with Crippen LogP contribution in [0.25, 0.3) is 0 Å². The van der Waals surface area contributed by atoms with Gasteiger partial charge in [0.15, 0.2) is 0 Å². The Labute approximate surface area is 159 Å². The summed E-state index contributed by atoms with van der Waals surface area (Å²) in [5, 5.41) is 2.56. The number of anilines is 1. The number of amides is 1. The topological polar surface area (TPSA) is 68.0 Å². The molecule has 0 spiro atoms. The van der Waals surface area contributed by atoms with Gasteiger partial charge in [-0.05, 0) is 53.8 Å². The largest absolute Gasteiger partial charge is 0.416 e. The number of alkyl halides is 3. The van der Waals surface area contributed by atoms with Gasteiger partial charge in [-0.3, -0.25) is 4.79 Å². The number of hydrogen-bond acceptors (Lipinski definition) is 4. The van der Waals surface area contributed by atoms with Gasteiger partial charge in [-0.15, -0.1) is 11.8 Å². The minimum Gasteiger partial charge on any atom is -0.326 e. The number of nitrogens with two attached hydrogens (primary N) is 1. The van der Waals surface area contributed by atoms with Crippen molar-refractivity contribution in [2.75, 3.05) is 11.1 Å². The minimum absolute atomic E-state index is 0.0123. The highest BCUT2D eigenvalue weighted by molar-refractivity contribution is 7.99. The number of benzene rings is 1. The van der Waals surface area contributed by atoms with Gasteiger partial charge in [-0.2, -0.15) is 13.2 Å². The zero-order valence-corrected chi connectivity index (χ0v) is 15.6. The summed E-state index contributed by atoms with van der Waals surface area (Å²) in [5.74, 6) is 0.716. The highest BCUT2D eigenvalue weighted by atomic mass is 32.2. The van der Waals surface area contributed by atoms with Crippen molar-refractivity contribution < 1.29 is 18.0 Å². The van der Waals surface area contributed by atoms with Crippen molar-refractivity contribution in [1.82, 2.24) is 4.98 Å². The fraction of sp³-hybridized carbons (Fsp3) is 0.368. The monoisotopic (exact) mass is 395 g/mol. The number of nitrogens with zero attached hydrogens (tertiary/aromatic N) is 1. The van der Waals surface area contributed by atoms with E-state index in [9.17, 15) is 18.0 Å². The number of aromatic nitrogens is 1. The maximum Gasteiger partial charge on any atom is 0.416 e. The van der Waals surface area contributed by atoms with Gasteiger partial charge < -0.3 is 11.1 Å². The lowest BCUT2D eigenvalue weighted by Crippen LogP contribution is -2.18. The molecule has 1 aliphatic rings. The van der Waals surface area contributed by atoms with Gasteiger partial charge in [0.05, 0.1) is 5.56 Å². The van der Waals surface area contributed by atoms with Crippen LogP contribution in [0.5, 0.6) is 0 Å². The van der Waals surface area contributed by atoms with E-state index >= 15 is 0 Å². The van der Waals surface area contributed by atoms with Crippen LogP contribution >= 0.6 is 11.8 Å². The van der Waals surface area contributed by atoms with E-state index in [0.29, 0.717) is 11.5 Å². The predicted molar refractivity (Wildman–Crippen MR) is 99.9 cm³/mol. The lowest BCUT2D eigenvalue weighted by atomic mass is 10.1. The molecule has 144 valence electrons. The van der Waals surface area contributed by atoms with Crippen molar-refractivity contribution in [2.45, 2.75) is 43.3 Å². The molecule has 1 heterocycles. The third-order valence-corrected chi connectivity index (χ3v) is 5.25. The Balaban J connectivity index is 1.90. The lowest BCUT2D eigenvalue weighted by molar-refractivity contribution is -0.137. The van der Waals surface area contributed by atoms with Crippen molar-refractivity contribution >= 4 is 23.4 Å². The summed E-state index contributed by atoms with van der Waals surface area (Å²) in [6.45, 7) is 1.98. The molecule has 2 aromatic rings. The second-order valence-corrected chi connectivity index (χ2v) is 7.66. The average Bonchev–Trinajstić information content (AvgIpc) is 3.46. The van der Waals surface area contributed by atoms with E-state index in [4.69, 9.17) is 5.73 Å². The number of rotatable bonds is 6. The first-order chi connectivity index (χ1) is 12.8. The van der Waals surface area contributed by atoms with Gasteiger partial charge >= 0.3 is 6.18 Å². The van der Waals surface area contributed by atoms with Crippen molar-refractivity contribution in [2.24, 2.45) is 5.73 Å². The summed E-state index contributed by atoms with van der Waals surface area (Å²) < 4.78 is 39.0. The van der Waals surface area contributed by atoms with Crippen molar-refractivity contribution in [3.8, 4) is 0 Å². The second-order valence-electron chi connectivity index (χ2n) is 6.35. The smallest absolute Gasteiger partial charge is 0.326 e. The van der Waals surface area contributed by atoms with Crippen LogP contribution in [0.1, 0.15) is 52.9 Å². The Hall–Kier alpha value is -2.06. The van der Waals surface area contributed by atoms with Crippen molar-refractivity contribution in [3.05, 3.63) is 52.8 Å². The SMILES string of the molecule is CCSc1cc(C2CC2)cnc1C(=O)Nc1cc(C(F)(F)F)ccc1CN. The summed E-state index contributed by atoms with van der Waals surface area (Å²) in [5.41, 5.74) is 6.57. The van der Waals surface area contributed by atoms with Gasteiger partial charge in [0, 0.05) is 23.3 Å². The van der Waals surface area contributed by atoms with E-state index in [0.717, 1.165) is 41.2 Å². The molecule has 1 saturated carbocycles. The molecule has 0 unspecified atom stereocenters. The molecule has 1 aromatic carbocycles. The minimum atomic E-state index is -4.50. The maximum atomic E-state index is 13.0. The molecule has 8 heteroatoms. The molecule has 1 fully saturated rings. The maximum absolute atomic E-state index is 13.0. The van der Waals surface area contributed by atoms with E-state index in [1.165, 1.54) is 17.8 Å². The van der Waals surface area contributed by atoms with Crippen LogP contribution in [0.4, 0.5) is 18.9 Å². The van der Waals surface area contributed by atoms with Gasteiger partial charge in [0.2, 0.25) is 0 Å². The number of carbonyl (C=O) groups excluding carboxylic acids is 1. The molecule has 0 radical (unpaired) electrons. The average molecular weight is 395 g/mol. The normalized spacial score (nSPS) is 14.3. The third kappa shape index (κ3) is 4.62. The summed E-state index contributed by atoms with van der Waals surface area (Å²) >= 11 is 1.49. The van der Waals surface area contributed by atoms with Crippen LogP contribution in [-0.4, -0.2) is 16.6 Å². The number of halogens is 3. The number of carbonyl (C=O) groups is 1. The Morgan fingerprint density at radius 3 is 2.67 bits per heavy atom.